The van der Waals surface area contributed by atoms with Gasteiger partial charge in [-0.1, -0.05) is 15.9 Å². The highest BCUT2D eigenvalue weighted by Gasteiger charge is 1.94. The van der Waals surface area contributed by atoms with Crippen LogP contribution in [0.25, 0.3) is 0 Å². The van der Waals surface area contributed by atoms with Gasteiger partial charge in [0.1, 0.15) is 0 Å². The SMILES string of the molecule is [2H]C([2H])(O)C(Br)C([2H])([2H])O. The van der Waals surface area contributed by atoms with E-state index in [1.54, 1.807) is 0 Å². The van der Waals surface area contributed by atoms with E-state index in [0.717, 1.165) is 0 Å². The van der Waals surface area contributed by atoms with Crippen LogP contribution in [0.2, 0.25) is 0 Å². The summed E-state index contributed by atoms with van der Waals surface area (Å²) in [7, 11) is 0. The first-order valence-electron chi connectivity index (χ1n) is 3.24. The van der Waals surface area contributed by atoms with E-state index in [0.29, 0.717) is 0 Å². The number of aliphatic hydroxyl groups is 2. The van der Waals surface area contributed by atoms with Crippen molar-refractivity contribution in [3.05, 3.63) is 0 Å². The molecule has 0 aliphatic heterocycles. The fourth-order valence-corrected chi connectivity index (χ4v) is 0.0289. The van der Waals surface area contributed by atoms with E-state index < -0.39 is 17.9 Å². The Bertz CT molecular complexity index is 103. The monoisotopic (exact) mass is 158 g/mol. The second-order valence-electron chi connectivity index (χ2n) is 0.621. The van der Waals surface area contributed by atoms with Crippen molar-refractivity contribution in [3.8, 4) is 0 Å². The largest absolute Gasteiger partial charge is 0.395 e. The van der Waals surface area contributed by atoms with Crippen molar-refractivity contribution in [3.63, 3.8) is 0 Å². The molecule has 0 aliphatic carbocycles. The van der Waals surface area contributed by atoms with Crippen molar-refractivity contribution in [2.75, 3.05) is 13.1 Å². The van der Waals surface area contributed by atoms with Crippen molar-refractivity contribution >= 4 is 15.9 Å². The molecule has 0 fully saturated rings. The molecule has 0 amide bonds. The third kappa shape index (κ3) is 2.63. The van der Waals surface area contributed by atoms with Crippen LogP contribution < -0.4 is 0 Å². The first-order chi connectivity index (χ1) is 4.15. The summed E-state index contributed by atoms with van der Waals surface area (Å²) in [5.74, 6) is 0. The van der Waals surface area contributed by atoms with Gasteiger partial charge in [-0.25, -0.2) is 0 Å². The average molecular weight is 159 g/mol. The average Bonchev–Trinajstić information content (AvgIpc) is 1.59. The summed E-state index contributed by atoms with van der Waals surface area (Å²) in [5, 5.41) is 17.0. The Kier molecular flexibility index (Phi) is 1.26. The standard InChI is InChI=1S/C3H7BrO2/c4-3(1-5)2-6/h3,5-6H,1-2H2/i1D2,2D2. The smallest absolute Gasteiger partial charge is 0.0608 e. The molecule has 0 atom stereocenters. The second kappa shape index (κ2) is 3.59. The molecular weight excluding hydrogens is 148 g/mol. The number of hydrogen-bond acceptors (Lipinski definition) is 2. The zero-order valence-corrected chi connectivity index (χ0v) is 4.44. The van der Waals surface area contributed by atoms with Gasteiger partial charge < -0.3 is 10.2 Å². The maximum atomic E-state index is 8.51. The van der Waals surface area contributed by atoms with Crippen molar-refractivity contribution in [2.45, 2.75) is 4.83 Å². The number of hydrogen-bond donors (Lipinski definition) is 2. The molecule has 0 aromatic carbocycles. The van der Waals surface area contributed by atoms with Gasteiger partial charge in [-0.05, 0) is 0 Å². The highest BCUT2D eigenvalue weighted by atomic mass is 79.9. The van der Waals surface area contributed by atoms with E-state index in [1.807, 2.05) is 0 Å². The van der Waals surface area contributed by atoms with Crippen LogP contribution in [0.3, 0.4) is 0 Å². The number of alkyl halides is 1. The molecule has 0 bridgehead atoms. The number of rotatable bonds is 2. The lowest BCUT2D eigenvalue weighted by Gasteiger charge is -1.95. The quantitative estimate of drug-likeness (QED) is 0.544. The molecular formula is C3H7BrO2. The predicted molar refractivity (Wildman–Crippen MR) is 26.9 cm³/mol. The molecule has 3 heteroatoms. The molecule has 0 saturated heterocycles. The topological polar surface area (TPSA) is 40.5 Å². The van der Waals surface area contributed by atoms with Crippen LogP contribution in [0.15, 0.2) is 0 Å². The molecule has 0 aromatic heterocycles. The lowest BCUT2D eigenvalue weighted by Crippen LogP contribution is -2.07. The van der Waals surface area contributed by atoms with Crippen LogP contribution in [-0.4, -0.2) is 28.2 Å². The fourth-order valence-electron chi connectivity index (χ4n) is 0.0289. The predicted octanol–water partition coefficient (Wildman–Crippen LogP) is -0.265. The van der Waals surface area contributed by atoms with Crippen LogP contribution in [0.5, 0.6) is 0 Å². The highest BCUT2D eigenvalue weighted by molar-refractivity contribution is 9.09. The van der Waals surface area contributed by atoms with Gasteiger partial charge in [0.15, 0.2) is 0 Å². The zero-order valence-electron chi connectivity index (χ0n) is 6.85. The Hall–Kier alpha value is 0.400. The van der Waals surface area contributed by atoms with Crippen molar-refractivity contribution in [1.29, 1.82) is 0 Å². The Morgan fingerprint density at radius 2 is 2.00 bits per heavy atom. The van der Waals surface area contributed by atoms with E-state index in [1.165, 1.54) is 0 Å². The third-order valence-corrected chi connectivity index (χ3v) is 0.636. The summed E-state index contributed by atoms with van der Waals surface area (Å²) in [6.07, 6.45) is 0. The van der Waals surface area contributed by atoms with E-state index >= 15 is 0 Å². The van der Waals surface area contributed by atoms with Crippen LogP contribution in [0.1, 0.15) is 5.48 Å². The Morgan fingerprint density at radius 3 is 2.00 bits per heavy atom. The fraction of sp³-hybridized carbons (Fsp3) is 1.00. The summed E-state index contributed by atoms with van der Waals surface area (Å²) in [4.78, 5) is -1.65. The van der Waals surface area contributed by atoms with Gasteiger partial charge in [-0.15, -0.1) is 0 Å². The number of halogens is 1. The van der Waals surface area contributed by atoms with Crippen molar-refractivity contribution in [1.82, 2.24) is 0 Å². The maximum Gasteiger partial charge on any atom is 0.0608 e. The van der Waals surface area contributed by atoms with E-state index in [4.69, 9.17) is 15.7 Å². The summed E-state index contributed by atoms with van der Waals surface area (Å²) in [6, 6.07) is 0. The first-order valence-corrected chi connectivity index (χ1v) is 2.16. The minimum Gasteiger partial charge on any atom is -0.395 e. The summed E-state index contributed by atoms with van der Waals surface area (Å²) >= 11 is 2.47. The van der Waals surface area contributed by atoms with Crippen molar-refractivity contribution in [2.24, 2.45) is 0 Å². The lowest BCUT2D eigenvalue weighted by molar-refractivity contribution is 0.231. The molecule has 0 spiro atoms. The summed E-state index contributed by atoms with van der Waals surface area (Å²) in [5.41, 5.74) is 0. The van der Waals surface area contributed by atoms with Gasteiger partial charge in [0.25, 0.3) is 0 Å². The van der Waals surface area contributed by atoms with Gasteiger partial charge in [0, 0.05) is 0 Å². The van der Waals surface area contributed by atoms with E-state index in [2.05, 4.69) is 15.9 Å². The molecule has 0 aromatic rings. The van der Waals surface area contributed by atoms with Crippen LogP contribution in [0.4, 0.5) is 0 Å². The van der Waals surface area contributed by atoms with Gasteiger partial charge >= 0.3 is 0 Å². The first kappa shape index (κ1) is 2.11. The van der Waals surface area contributed by atoms with E-state index in [9.17, 15) is 0 Å². The Morgan fingerprint density at radius 1 is 1.67 bits per heavy atom. The van der Waals surface area contributed by atoms with E-state index in [-0.39, 0.29) is 0 Å². The molecule has 0 aliphatic rings. The molecule has 38 valence electrons. The van der Waals surface area contributed by atoms with Gasteiger partial charge in [-0.2, -0.15) is 0 Å². The molecule has 0 unspecified atom stereocenters. The van der Waals surface area contributed by atoms with Gasteiger partial charge in [0.2, 0.25) is 0 Å². The molecule has 0 heterocycles. The molecule has 6 heavy (non-hydrogen) atoms. The molecule has 0 saturated carbocycles. The second-order valence-corrected chi connectivity index (χ2v) is 1.54. The minimum absolute atomic E-state index is 1.65. The highest BCUT2D eigenvalue weighted by Crippen LogP contribution is 1.92. The normalized spacial score (nSPS) is 24.7. The van der Waals surface area contributed by atoms with Gasteiger partial charge in [0.05, 0.1) is 23.4 Å². The van der Waals surface area contributed by atoms with Crippen molar-refractivity contribution < 1.29 is 15.7 Å². The van der Waals surface area contributed by atoms with Gasteiger partial charge in [-0.3, -0.25) is 0 Å². The zero-order chi connectivity index (χ0) is 8.58. The lowest BCUT2D eigenvalue weighted by atomic mass is 10.5. The van der Waals surface area contributed by atoms with Crippen LogP contribution >= 0.6 is 15.9 Å². The molecule has 2 nitrogen and oxygen atoms in total. The minimum atomic E-state index is -2.77. The summed E-state index contributed by atoms with van der Waals surface area (Å²) in [6.45, 7) is -5.53. The van der Waals surface area contributed by atoms with Crippen LogP contribution in [0, 0.1) is 0 Å². The molecule has 0 radical (unpaired) electrons. The Labute approximate surface area is 50.5 Å². The molecule has 2 N–H and O–H groups in total. The maximum absolute atomic E-state index is 8.51. The molecule has 0 rings (SSSR count). The van der Waals surface area contributed by atoms with Crippen LogP contribution in [-0.2, 0) is 0 Å². The third-order valence-electron chi connectivity index (χ3n) is 0.227. The Balaban J connectivity index is 4.23. The summed E-state index contributed by atoms with van der Waals surface area (Å²) < 4.78 is 26.3.